The van der Waals surface area contributed by atoms with Gasteiger partial charge in [0.05, 0.1) is 23.8 Å². The number of hydrogen-bond acceptors (Lipinski definition) is 4. The van der Waals surface area contributed by atoms with Gasteiger partial charge in [-0.05, 0) is 48.9 Å². The van der Waals surface area contributed by atoms with Gasteiger partial charge in [0.1, 0.15) is 0 Å². The van der Waals surface area contributed by atoms with Crippen molar-refractivity contribution in [2.45, 2.75) is 26.3 Å². The SMILES string of the molecule is CCCC(=O)Nc1ccc(C(=O)Cn2cnc3ccc(Cl)cc3c2=O)cc1. The number of amides is 1. The van der Waals surface area contributed by atoms with Gasteiger partial charge in [0.2, 0.25) is 5.91 Å². The van der Waals surface area contributed by atoms with E-state index in [0.717, 1.165) is 6.42 Å². The summed E-state index contributed by atoms with van der Waals surface area (Å²) >= 11 is 5.94. The number of ketones is 1. The Kier molecular flexibility index (Phi) is 5.66. The van der Waals surface area contributed by atoms with Crippen LogP contribution in [0.1, 0.15) is 30.1 Å². The summed E-state index contributed by atoms with van der Waals surface area (Å²) in [5, 5.41) is 3.57. The molecule has 1 heterocycles. The second kappa shape index (κ2) is 8.14. The average Bonchev–Trinajstić information content (AvgIpc) is 2.65. The van der Waals surface area contributed by atoms with E-state index in [0.29, 0.717) is 33.6 Å². The number of aromatic nitrogens is 2. The maximum Gasteiger partial charge on any atom is 0.261 e. The summed E-state index contributed by atoms with van der Waals surface area (Å²) in [6.45, 7) is 1.80. The zero-order chi connectivity index (χ0) is 19.4. The van der Waals surface area contributed by atoms with E-state index >= 15 is 0 Å². The predicted molar refractivity (Wildman–Crippen MR) is 105 cm³/mol. The van der Waals surface area contributed by atoms with Crippen molar-refractivity contribution < 1.29 is 9.59 Å². The largest absolute Gasteiger partial charge is 0.326 e. The minimum absolute atomic E-state index is 0.0657. The number of rotatable bonds is 6. The molecule has 3 aromatic rings. The summed E-state index contributed by atoms with van der Waals surface area (Å²) in [4.78, 5) is 40.9. The highest BCUT2D eigenvalue weighted by molar-refractivity contribution is 6.31. The van der Waals surface area contributed by atoms with E-state index in [1.165, 1.54) is 10.9 Å². The average molecular weight is 384 g/mol. The summed E-state index contributed by atoms with van der Waals surface area (Å²) in [5.41, 5.74) is 1.28. The van der Waals surface area contributed by atoms with Crippen LogP contribution < -0.4 is 10.9 Å². The molecule has 0 radical (unpaired) electrons. The second-order valence-corrected chi connectivity index (χ2v) is 6.57. The van der Waals surface area contributed by atoms with E-state index in [-0.39, 0.29) is 23.8 Å². The van der Waals surface area contributed by atoms with Gasteiger partial charge in [-0.15, -0.1) is 0 Å². The summed E-state index contributed by atoms with van der Waals surface area (Å²) in [7, 11) is 0. The minimum atomic E-state index is -0.320. The Labute approximate surface area is 160 Å². The fourth-order valence-electron chi connectivity index (χ4n) is 2.68. The van der Waals surface area contributed by atoms with Crippen LogP contribution in [0.4, 0.5) is 5.69 Å². The molecule has 0 aliphatic carbocycles. The van der Waals surface area contributed by atoms with Crippen LogP contribution in [0, 0.1) is 0 Å². The van der Waals surface area contributed by atoms with Crippen LogP contribution >= 0.6 is 11.6 Å². The van der Waals surface area contributed by atoms with E-state index < -0.39 is 0 Å². The van der Waals surface area contributed by atoms with Crippen molar-refractivity contribution in [3.8, 4) is 0 Å². The lowest BCUT2D eigenvalue weighted by Crippen LogP contribution is -2.24. The maximum atomic E-state index is 12.5. The van der Waals surface area contributed by atoms with Crippen LogP contribution in [-0.4, -0.2) is 21.2 Å². The smallest absolute Gasteiger partial charge is 0.261 e. The highest BCUT2D eigenvalue weighted by Gasteiger charge is 2.11. The third-order valence-corrected chi connectivity index (χ3v) is 4.30. The number of nitrogens with zero attached hydrogens (tertiary/aromatic N) is 2. The molecule has 1 amide bonds. The van der Waals surface area contributed by atoms with Crippen molar-refractivity contribution in [2.75, 3.05) is 5.32 Å². The van der Waals surface area contributed by atoms with Crippen molar-refractivity contribution >= 4 is 39.9 Å². The van der Waals surface area contributed by atoms with Gasteiger partial charge in [0, 0.05) is 22.7 Å². The van der Waals surface area contributed by atoms with E-state index in [4.69, 9.17) is 11.6 Å². The predicted octanol–water partition coefficient (Wildman–Crippen LogP) is 3.67. The number of Topliss-reactive ketones (excluding diaryl/α,β-unsaturated/α-hetero) is 1. The number of anilines is 1. The number of carbonyl (C=O) groups is 2. The van der Waals surface area contributed by atoms with Gasteiger partial charge in [-0.1, -0.05) is 18.5 Å². The van der Waals surface area contributed by atoms with Crippen molar-refractivity contribution in [2.24, 2.45) is 0 Å². The molecule has 0 aliphatic heterocycles. The molecular formula is C20H18ClN3O3. The molecule has 0 bridgehead atoms. The van der Waals surface area contributed by atoms with Crippen molar-refractivity contribution in [3.05, 3.63) is 69.7 Å². The zero-order valence-corrected chi connectivity index (χ0v) is 15.5. The van der Waals surface area contributed by atoms with E-state index in [9.17, 15) is 14.4 Å². The number of benzene rings is 2. The molecule has 0 saturated carbocycles. The maximum absolute atomic E-state index is 12.5. The first-order chi connectivity index (χ1) is 13.0. The molecule has 1 aromatic heterocycles. The molecule has 0 unspecified atom stereocenters. The topological polar surface area (TPSA) is 81.1 Å². The molecular weight excluding hydrogens is 366 g/mol. The third kappa shape index (κ3) is 4.41. The Bertz CT molecular complexity index is 1060. The first-order valence-corrected chi connectivity index (χ1v) is 8.93. The van der Waals surface area contributed by atoms with Gasteiger partial charge in [-0.3, -0.25) is 19.0 Å². The Morgan fingerprint density at radius 3 is 2.59 bits per heavy atom. The van der Waals surface area contributed by atoms with Gasteiger partial charge in [0.25, 0.3) is 5.56 Å². The lowest BCUT2D eigenvalue weighted by atomic mass is 10.1. The second-order valence-electron chi connectivity index (χ2n) is 6.14. The summed E-state index contributed by atoms with van der Waals surface area (Å²) in [6, 6.07) is 11.5. The minimum Gasteiger partial charge on any atom is -0.326 e. The Hall–Kier alpha value is -2.99. The Balaban J connectivity index is 1.77. The standard InChI is InChI=1S/C20H18ClN3O3/c1-2-3-19(26)23-15-7-4-13(5-8-15)18(25)11-24-12-22-17-9-6-14(21)10-16(17)20(24)27/h4-10,12H,2-3,11H2,1H3,(H,23,26). The molecule has 3 rings (SSSR count). The van der Waals surface area contributed by atoms with E-state index in [1.54, 1.807) is 42.5 Å². The fourth-order valence-corrected chi connectivity index (χ4v) is 2.85. The molecule has 6 nitrogen and oxygen atoms in total. The van der Waals surface area contributed by atoms with E-state index in [1.807, 2.05) is 6.92 Å². The van der Waals surface area contributed by atoms with Crippen molar-refractivity contribution in [1.82, 2.24) is 9.55 Å². The van der Waals surface area contributed by atoms with Crippen LogP contribution in [0.25, 0.3) is 10.9 Å². The summed E-state index contributed by atoms with van der Waals surface area (Å²) in [5.74, 6) is -0.296. The summed E-state index contributed by atoms with van der Waals surface area (Å²) in [6.07, 6.45) is 2.57. The number of halogens is 1. The summed E-state index contributed by atoms with van der Waals surface area (Å²) < 4.78 is 1.26. The Morgan fingerprint density at radius 2 is 1.89 bits per heavy atom. The lowest BCUT2D eigenvalue weighted by Gasteiger charge is -2.08. The van der Waals surface area contributed by atoms with Crippen LogP contribution in [0.5, 0.6) is 0 Å². The monoisotopic (exact) mass is 383 g/mol. The number of fused-ring (bicyclic) bond motifs is 1. The molecule has 7 heteroatoms. The lowest BCUT2D eigenvalue weighted by molar-refractivity contribution is -0.116. The highest BCUT2D eigenvalue weighted by Crippen LogP contribution is 2.15. The highest BCUT2D eigenvalue weighted by atomic mass is 35.5. The molecule has 0 spiro atoms. The van der Waals surface area contributed by atoms with Gasteiger partial charge in [0.15, 0.2) is 5.78 Å². The zero-order valence-electron chi connectivity index (χ0n) is 14.7. The Morgan fingerprint density at radius 1 is 1.15 bits per heavy atom. The molecule has 0 atom stereocenters. The molecule has 27 heavy (non-hydrogen) atoms. The first kappa shape index (κ1) is 18.8. The molecule has 0 fully saturated rings. The normalized spacial score (nSPS) is 10.7. The van der Waals surface area contributed by atoms with Crippen LogP contribution in [0.3, 0.4) is 0 Å². The molecule has 0 aliphatic rings. The van der Waals surface area contributed by atoms with Gasteiger partial charge in [-0.2, -0.15) is 0 Å². The molecule has 0 saturated heterocycles. The van der Waals surface area contributed by atoms with Crippen molar-refractivity contribution in [3.63, 3.8) is 0 Å². The number of nitrogens with one attached hydrogen (secondary N) is 1. The van der Waals surface area contributed by atoms with Crippen LogP contribution in [0.15, 0.2) is 53.6 Å². The first-order valence-electron chi connectivity index (χ1n) is 8.55. The number of hydrogen-bond donors (Lipinski definition) is 1. The van der Waals surface area contributed by atoms with E-state index in [2.05, 4.69) is 10.3 Å². The van der Waals surface area contributed by atoms with Gasteiger partial charge in [-0.25, -0.2) is 4.98 Å². The third-order valence-electron chi connectivity index (χ3n) is 4.07. The van der Waals surface area contributed by atoms with Crippen molar-refractivity contribution in [1.29, 1.82) is 0 Å². The van der Waals surface area contributed by atoms with Gasteiger partial charge < -0.3 is 5.32 Å². The van der Waals surface area contributed by atoms with Crippen LogP contribution in [0.2, 0.25) is 5.02 Å². The molecule has 138 valence electrons. The quantitative estimate of drug-likeness (QED) is 0.658. The van der Waals surface area contributed by atoms with Gasteiger partial charge >= 0.3 is 0 Å². The van der Waals surface area contributed by atoms with Crippen LogP contribution in [-0.2, 0) is 11.3 Å². The fraction of sp³-hybridized carbons (Fsp3) is 0.200. The number of carbonyl (C=O) groups excluding carboxylic acids is 2. The molecule has 1 N–H and O–H groups in total. The molecule has 2 aromatic carbocycles.